The van der Waals surface area contributed by atoms with Gasteiger partial charge in [0.2, 0.25) is 0 Å². The number of rotatable bonds is 7. The van der Waals surface area contributed by atoms with E-state index in [4.69, 9.17) is 21.1 Å². The first kappa shape index (κ1) is 23.3. The minimum atomic E-state index is -0.261. The molecule has 0 bridgehead atoms. The molecule has 0 aliphatic heterocycles. The Morgan fingerprint density at radius 2 is 1.65 bits per heavy atom. The second-order valence-corrected chi connectivity index (χ2v) is 8.18. The zero-order valence-electron chi connectivity index (χ0n) is 19.1. The Kier molecular flexibility index (Phi) is 7.09. The number of ether oxygens (including phenoxy) is 2. The number of aromatic nitrogens is 2. The summed E-state index contributed by atoms with van der Waals surface area (Å²) < 4.78 is 10.6. The average Bonchev–Trinajstić information content (AvgIpc) is 2.86. The van der Waals surface area contributed by atoms with Gasteiger partial charge in [-0.2, -0.15) is 0 Å². The summed E-state index contributed by atoms with van der Waals surface area (Å²) in [4.78, 5) is 13.3. The fourth-order valence-corrected chi connectivity index (χ4v) is 3.96. The fourth-order valence-electron chi connectivity index (χ4n) is 3.67. The van der Waals surface area contributed by atoms with E-state index in [1.54, 1.807) is 20.3 Å². The fraction of sp³-hybridized carbons (Fsp3) is 0.148. The van der Waals surface area contributed by atoms with E-state index in [0.29, 0.717) is 40.0 Å². The molecule has 1 N–H and O–H groups in total. The zero-order chi connectivity index (χ0) is 24.1. The molecule has 3 aromatic carbocycles. The number of hydrogen-bond acceptors (Lipinski definition) is 5. The van der Waals surface area contributed by atoms with Crippen LogP contribution in [0, 0.1) is 6.92 Å². The molecule has 0 fully saturated rings. The van der Waals surface area contributed by atoms with Crippen LogP contribution in [0.25, 0.3) is 22.5 Å². The van der Waals surface area contributed by atoms with Gasteiger partial charge in [0, 0.05) is 22.7 Å². The summed E-state index contributed by atoms with van der Waals surface area (Å²) in [6.07, 6.45) is 0. The molecule has 1 amide bonds. The van der Waals surface area contributed by atoms with Gasteiger partial charge in [-0.1, -0.05) is 48.0 Å². The van der Waals surface area contributed by atoms with Crippen LogP contribution in [0.3, 0.4) is 0 Å². The Labute approximate surface area is 203 Å². The van der Waals surface area contributed by atoms with Crippen LogP contribution in [0.2, 0.25) is 5.02 Å². The topological polar surface area (TPSA) is 73.3 Å². The Morgan fingerprint density at radius 1 is 0.882 bits per heavy atom. The monoisotopic (exact) mass is 473 g/mol. The Hall–Kier alpha value is -3.90. The van der Waals surface area contributed by atoms with E-state index >= 15 is 0 Å². The molecular weight excluding hydrogens is 450 g/mol. The summed E-state index contributed by atoms with van der Waals surface area (Å²) in [5.41, 5.74) is 4.98. The minimum absolute atomic E-state index is 0.261. The first-order valence-corrected chi connectivity index (χ1v) is 11.1. The summed E-state index contributed by atoms with van der Waals surface area (Å²) in [5, 5.41) is 12.4. The van der Waals surface area contributed by atoms with Crippen molar-refractivity contribution in [1.29, 1.82) is 0 Å². The van der Waals surface area contributed by atoms with Gasteiger partial charge in [0.15, 0.2) is 11.5 Å². The van der Waals surface area contributed by atoms with Crippen molar-refractivity contribution in [1.82, 2.24) is 15.5 Å². The second-order valence-electron chi connectivity index (χ2n) is 7.75. The Bertz CT molecular complexity index is 1310. The van der Waals surface area contributed by atoms with Crippen molar-refractivity contribution < 1.29 is 14.3 Å². The lowest BCUT2D eigenvalue weighted by atomic mass is 10.0. The van der Waals surface area contributed by atoms with Crippen molar-refractivity contribution in [2.45, 2.75) is 13.5 Å². The van der Waals surface area contributed by atoms with Crippen molar-refractivity contribution >= 4 is 17.5 Å². The highest BCUT2D eigenvalue weighted by Gasteiger charge is 2.18. The van der Waals surface area contributed by atoms with Gasteiger partial charge in [0.05, 0.1) is 25.5 Å². The zero-order valence-corrected chi connectivity index (χ0v) is 19.9. The molecule has 6 nitrogen and oxygen atoms in total. The van der Waals surface area contributed by atoms with Crippen LogP contribution in [0.4, 0.5) is 0 Å². The number of nitrogens with one attached hydrogen (secondary N) is 1. The first-order valence-electron chi connectivity index (χ1n) is 10.7. The summed E-state index contributed by atoms with van der Waals surface area (Å²) in [6.45, 7) is 2.26. The van der Waals surface area contributed by atoms with Crippen molar-refractivity contribution in [3.05, 3.63) is 94.5 Å². The molecule has 4 aromatic rings. The normalized spacial score (nSPS) is 10.6. The number of carbonyl (C=O) groups is 1. The van der Waals surface area contributed by atoms with Gasteiger partial charge in [-0.25, -0.2) is 0 Å². The van der Waals surface area contributed by atoms with E-state index < -0.39 is 0 Å². The van der Waals surface area contributed by atoms with Crippen molar-refractivity contribution in [3.8, 4) is 34.0 Å². The lowest BCUT2D eigenvalue weighted by molar-refractivity contribution is 0.0951. The maximum Gasteiger partial charge on any atom is 0.253 e. The van der Waals surface area contributed by atoms with Crippen molar-refractivity contribution in [2.75, 3.05) is 14.2 Å². The maximum absolute atomic E-state index is 13.3. The SMILES string of the molecule is COc1ccc(CNC(=O)c2cc(-c3cc(C)cc(Cl)c3)nnc2-c2ccccc2)cc1OC. The number of halogens is 1. The standard InChI is InChI=1S/C27H24ClN3O3/c1-17-11-20(14-21(28)12-17)23-15-22(26(31-30-23)19-7-5-4-6-8-19)27(32)29-16-18-9-10-24(33-2)25(13-18)34-3/h4-15H,16H2,1-3H3,(H,29,32). The molecule has 1 aromatic heterocycles. The second kappa shape index (κ2) is 10.4. The highest BCUT2D eigenvalue weighted by atomic mass is 35.5. The largest absolute Gasteiger partial charge is 0.493 e. The summed E-state index contributed by atoms with van der Waals surface area (Å²) in [7, 11) is 3.16. The molecule has 0 aliphatic rings. The van der Waals surface area contributed by atoms with Gasteiger partial charge >= 0.3 is 0 Å². The lowest BCUT2D eigenvalue weighted by Crippen LogP contribution is -2.24. The quantitative estimate of drug-likeness (QED) is 0.371. The highest BCUT2D eigenvalue weighted by Crippen LogP contribution is 2.29. The van der Waals surface area contributed by atoms with E-state index in [-0.39, 0.29) is 5.91 Å². The molecule has 34 heavy (non-hydrogen) atoms. The maximum atomic E-state index is 13.3. The molecule has 4 rings (SSSR count). The molecule has 0 aliphatic carbocycles. The smallest absolute Gasteiger partial charge is 0.253 e. The van der Waals surface area contributed by atoms with Crippen LogP contribution >= 0.6 is 11.6 Å². The van der Waals surface area contributed by atoms with E-state index in [1.807, 2.05) is 73.7 Å². The van der Waals surface area contributed by atoms with Crippen molar-refractivity contribution in [2.24, 2.45) is 0 Å². The van der Waals surface area contributed by atoms with Gasteiger partial charge in [-0.3, -0.25) is 4.79 Å². The van der Waals surface area contributed by atoms with Gasteiger partial charge in [-0.05, 0) is 54.4 Å². The molecule has 1 heterocycles. The number of nitrogens with zero attached hydrogens (tertiary/aromatic N) is 2. The molecule has 0 radical (unpaired) electrons. The molecule has 7 heteroatoms. The van der Waals surface area contributed by atoms with Crippen LogP contribution in [0.5, 0.6) is 11.5 Å². The van der Waals surface area contributed by atoms with E-state index in [2.05, 4.69) is 15.5 Å². The highest BCUT2D eigenvalue weighted by molar-refractivity contribution is 6.31. The molecular formula is C27H24ClN3O3. The average molecular weight is 474 g/mol. The van der Waals surface area contributed by atoms with E-state index in [1.165, 1.54) is 0 Å². The number of hydrogen-bond donors (Lipinski definition) is 1. The molecule has 0 saturated carbocycles. The molecule has 0 atom stereocenters. The van der Waals surface area contributed by atoms with Gasteiger partial charge < -0.3 is 14.8 Å². The van der Waals surface area contributed by atoms with E-state index in [0.717, 1.165) is 22.3 Å². The first-order chi connectivity index (χ1) is 16.5. The van der Waals surface area contributed by atoms with Crippen LogP contribution in [0.1, 0.15) is 21.5 Å². The number of carbonyl (C=O) groups excluding carboxylic acids is 1. The predicted molar refractivity (Wildman–Crippen MR) is 133 cm³/mol. The third-order valence-corrected chi connectivity index (χ3v) is 5.54. The summed E-state index contributed by atoms with van der Waals surface area (Å²) in [5.74, 6) is 0.968. The Morgan fingerprint density at radius 3 is 2.35 bits per heavy atom. The molecule has 0 unspecified atom stereocenters. The van der Waals surface area contributed by atoms with Crippen LogP contribution < -0.4 is 14.8 Å². The number of amides is 1. The number of aryl methyl sites for hydroxylation is 1. The summed E-state index contributed by atoms with van der Waals surface area (Å²) >= 11 is 6.25. The molecule has 172 valence electrons. The lowest BCUT2D eigenvalue weighted by Gasteiger charge is -2.13. The third-order valence-electron chi connectivity index (χ3n) is 5.32. The summed E-state index contributed by atoms with van der Waals surface area (Å²) in [6, 6.07) is 22.4. The van der Waals surface area contributed by atoms with Crippen LogP contribution in [0.15, 0.2) is 72.8 Å². The van der Waals surface area contributed by atoms with E-state index in [9.17, 15) is 4.79 Å². The number of benzene rings is 3. The van der Waals surface area contributed by atoms with Gasteiger partial charge in [0.25, 0.3) is 5.91 Å². The third kappa shape index (κ3) is 5.18. The van der Waals surface area contributed by atoms with Crippen LogP contribution in [-0.2, 0) is 6.54 Å². The predicted octanol–water partition coefficient (Wildman–Crippen LogP) is 5.72. The minimum Gasteiger partial charge on any atom is -0.493 e. The van der Waals surface area contributed by atoms with Crippen LogP contribution in [-0.4, -0.2) is 30.3 Å². The number of methoxy groups -OCH3 is 2. The Balaban J connectivity index is 1.68. The molecule has 0 spiro atoms. The van der Waals surface area contributed by atoms with Gasteiger partial charge in [0.1, 0.15) is 5.69 Å². The van der Waals surface area contributed by atoms with Crippen molar-refractivity contribution in [3.63, 3.8) is 0 Å². The van der Waals surface area contributed by atoms with Gasteiger partial charge in [-0.15, -0.1) is 10.2 Å². The molecule has 0 saturated heterocycles.